The van der Waals surface area contributed by atoms with E-state index < -0.39 is 0 Å². The number of halogens is 2. The molecule has 1 aromatic carbocycles. The van der Waals surface area contributed by atoms with Gasteiger partial charge in [-0.25, -0.2) is 4.98 Å². The fraction of sp³-hybridized carbons (Fsp3) is 0.600. The molecule has 1 aliphatic rings. The van der Waals surface area contributed by atoms with Crippen molar-refractivity contribution in [2.75, 3.05) is 31.1 Å². The van der Waals surface area contributed by atoms with Gasteiger partial charge >= 0.3 is 0 Å². The van der Waals surface area contributed by atoms with Gasteiger partial charge in [0.1, 0.15) is 0 Å². The molecule has 0 N–H and O–H groups in total. The number of carbonyl (C=O) groups excluding carboxylic acids is 1. The Morgan fingerprint density at radius 1 is 1.22 bits per heavy atom. The number of thiazole rings is 1. The molecule has 0 radical (unpaired) electrons. The summed E-state index contributed by atoms with van der Waals surface area (Å²) in [6, 6.07) is 3.93. The number of hydrogen-bond donors (Lipinski definition) is 0. The highest BCUT2D eigenvalue weighted by atomic mass is 35.5. The van der Waals surface area contributed by atoms with E-state index in [4.69, 9.17) is 16.6 Å². The molecule has 1 aromatic heterocycles. The molecule has 4 nitrogen and oxygen atoms in total. The molecular weight excluding hydrogens is 401 g/mol. The molecule has 7 heteroatoms. The summed E-state index contributed by atoms with van der Waals surface area (Å²) < 4.78 is 1.09. The minimum atomic E-state index is 0. The van der Waals surface area contributed by atoms with Crippen LogP contribution in [0.2, 0.25) is 5.02 Å². The van der Waals surface area contributed by atoms with Crippen molar-refractivity contribution < 1.29 is 4.79 Å². The van der Waals surface area contributed by atoms with E-state index in [2.05, 4.69) is 18.7 Å². The minimum Gasteiger partial charge on any atom is -0.302 e. The molecule has 3 rings (SSSR count). The lowest BCUT2D eigenvalue weighted by atomic mass is 10.1. The summed E-state index contributed by atoms with van der Waals surface area (Å²) in [6.45, 7) is 9.89. The summed E-state index contributed by atoms with van der Waals surface area (Å²) >= 11 is 7.86. The van der Waals surface area contributed by atoms with Crippen molar-refractivity contribution in [2.45, 2.75) is 46.5 Å². The third-order valence-electron chi connectivity index (χ3n) is 5.47. The zero-order chi connectivity index (χ0) is 18.7. The molecule has 1 heterocycles. The van der Waals surface area contributed by atoms with Crippen LogP contribution in [0.15, 0.2) is 12.1 Å². The van der Waals surface area contributed by atoms with Crippen molar-refractivity contribution in [3.8, 4) is 0 Å². The zero-order valence-corrected chi connectivity index (χ0v) is 18.7. The van der Waals surface area contributed by atoms with Crippen molar-refractivity contribution in [1.82, 2.24) is 9.88 Å². The number of likely N-dealkylation sites (N-methyl/N-ethyl adjacent to an activating group) is 1. The van der Waals surface area contributed by atoms with Gasteiger partial charge in [0, 0.05) is 24.0 Å². The molecule has 0 atom stereocenters. The first-order valence-electron chi connectivity index (χ1n) is 9.64. The first-order valence-corrected chi connectivity index (χ1v) is 10.8. The molecule has 0 saturated heterocycles. The summed E-state index contributed by atoms with van der Waals surface area (Å²) in [6.07, 6.45) is 4.34. The third-order valence-corrected chi connectivity index (χ3v) is 6.93. The van der Waals surface area contributed by atoms with Gasteiger partial charge in [0.05, 0.1) is 10.2 Å². The molecule has 0 bridgehead atoms. The van der Waals surface area contributed by atoms with E-state index in [0.29, 0.717) is 6.54 Å². The van der Waals surface area contributed by atoms with Crippen LogP contribution in [-0.4, -0.2) is 42.0 Å². The van der Waals surface area contributed by atoms with Crippen LogP contribution < -0.4 is 4.90 Å². The van der Waals surface area contributed by atoms with Gasteiger partial charge in [0.2, 0.25) is 5.91 Å². The maximum Gasteiger partial charge on any atom is 0.231 e. The fourth-order valence-corrected chi connectivity index (χ4v) is 4.89. The first kappa shape index (κ1) is 22.4. The van der Waals surface area contributed by atoms with Crippen LogP contribution in [0.4, 0.5) is 5.13 Å². The topological polar surface area (TPSA) is 36.4 Å². The SMILES string of the molecule is CCN(CC)CCN(C(=O)C1CCCC1)c1nc2c(C)c(Cl)ccc2s1.Cl. The molecule has 1 amide bonds. The molecule has 1 aliphatic carbocycles. The van der Waals surface area contributed by atoms with E-state index in [1.165, 1.54) is 0 Å². The number of fused-ring (bicyclic) bond motifs is 1. The molecule has 2 aromatic rings. The molecule has 1 fully saturated rings. The van der Waals surface area contributed by atoms with Crippen molar-refractivity contribution in [3.63, 3.8) is 0 Å². The Bertz CT molecular complexity index is 770. The van der Waals surface area contributed by atoms with E-state index in [0.717, 1.165) is 71.3 Å². The van der Waals surface area contributed by atoms with Crippen molar-refractivity contribution in [3.05, 3.63) is 22.7 Å². The number of rotatable bonds is 7. The maximum absolute atomic E-state index is 13.2. The zero-order valence-electron chi connectivity index (χ0n) is 16.3. The van der Waals surface area contributed by atoms with Crippen LogP contribution in [0.25, 0.3) is 10.2 Å². The van der Waals surface area contributed by atoms with Gasteiger partial charge in [-0.2, -0.15) is 0 Å². The second kappa shape index (κ2) is 10.1. The maximum atomic E-state index is 13.2. The van der Waals surface area contributed by atoms with Gasteiger partial charge < -0.3 is 4.90 Å². The number of carbonyl (C=O) groups is 1. The largest absolute Gasteiger partial charge is 0.302 e. The van der Waals surface area contributed by atoms with Gasteiger partial charge in [-0.05, 0) is 50.6 Å². The lowest BCUT2D eigenvalue weighted by Gasteiger charge is -2.26. The molecule has 150 valence electrons. The summed E-state index contributed by atoms with van der Waals surface area (Å²) in [5.74, 6) is 0.404. The first-order chi connectivity index (χ1) is 12.5. The minimum absolute atomic E-state index is 0. The van der Waals surface area contributed by atoms with Gasteiger partial charge in [0.25, 0.3) is 0 Å². The average Bonchev–Trinajstić information content (AvgIpc) is 3.31. The van der Waals surface area contributed by atoms with Gasteiger partial charge in [-0.15, -0.1) is 12.4 Å². The molecule has 0 aliphatic heterocycles. The highest BCUT2D eigenvalue weighted by Gasteiger charge is 2.30. The Morgan fingerprint density at radius 2 is 1.89 bits per heavy atom. The number of hydrogen-bond acceptors (Lipinski definition) is 4. The number of anilines is 1. The lowest BCUT2D eigenvalue weighted by Crippen LogP contribution is -2.41. The van der Waals surface area contributed by atoms with Crippen molar-refractivity contribution >= 4 is 56.6 Å². The standard InChI is InChI=1S/C20H28ClN3OS.ClH/c1-4-23(5-2)12-13-24(19(25)15-8-6-7-9-15)20-22-18-14(3)16(21)10-11-17(18)26-20;/h10-11,15H,4-9,12-13H2,1-3H3;1H. The molecule has 1 saturated carbocycles. The number of benzene rings is 1. The molecule has 27 heavy (non-hydrogen) atoms. The Kier molecular flexibility index (Phi) is 8.35. The number of nitrogens with zero attached hydrogens (tertiary/aromatic N) is 3. The number of aryl methyl sites for hydroxylation is 1. The van der Waals surface area contributed by atoms with Crippen molar-refractivity contribution in [1.29, 1.82) is 0 Å². The van der Waals surface area contributed by atoms with E-state index in [1.807, 2.05) is 24.0 Å². The van der Waals surface area contributed by atoms with E-state index in [1.54, 1.807) is 11.3 Å². The monoisotopic (exact) mass is 429 g/mol. The Morgan fingerprint density at radius 3 is 2.52 bits per heavy atom. The lowest BCUT2D eigenvalue weighted by molar-refractivity contribution is -0.122. The van der Waals surface area contributed by atoms with Crippen LogP contribution >= 0.6 is 35.3 Å². The highest BCUT2D eigenvalue weighted by molar-refractivity contribution is 7.22. The Hall–Kier alpha value is -0.880. The predicted molar refractivity (Wildman–Crippen MR) is 119 cm³/mol. The van der Waals surface area contributed by atoms with E-state index in [-0.39, 0.29) is 24.2 Å². The quantitative estimate of drug-likeness (QED) is 0.578. The fourth-order valence-electron chi connectivity index (χ4n) is 3.68. The van der Waals surface area contributed by atoms with Crippen LogP contribution in [-0.2, 0) is 4.79 Å². The summed E-state index contributed by atoms with van der Waals surface area (Å²) in [7, 11) is 0. The van der Waals surface area contributed by atoms with Crippen molar-refractivity contribution in [2.24, 2.45) is 5.92 Å². The predicted octanol–water partition coefficient (Wildman–Crippen LogP) is 5.54. The summed E-state index contributed by atoms with van der Waals surface area (Å²) in [5.41, 5.74) is 1.91. The average molecular weight is 430 g/mol. The molecule has 0 spiro atoms. The summed E-state index contributed by atoms with van der Waals surface area (Å²) in [4.78, 5) is 22.3. The van der Waals surface area contributed by atoms with Gasteiger partial charge in [0.15, 0.2) is 5.13 Å². The van der Waals surface area contributed by atoms with E-state index in [9.17, 15) is 4.79 Å². The van der Waals surface area contributed by atoms with Crippen LogP contribution in [0.1, 0.15) is 45.1 Å². The van der Waals surface area contributed by atoms with Gasteiger partial charge in [-0.3, -0.25) is 9.69 Å². The smallest absolute Gasteiger partial charge is 0.231 e. The van der Waals surface area contributed by atoms with Crippen LogP contribution in [0.5, 0.6) is 0 Å². The molecule has 0 unspecified atom stereocenters. The highest BCUT2D eigenvalue weighted by Crippen LogP contribution is 2.35. The third kappa shape index (κ3) is 4.94. The number of amides is 1. The van der Waals surface area contributed by atoms with Gasteiger partial charge in [-0.1, -0.05) is 49.6 Å². The summed E-state index contributed by atoms with van der Waals surface area (Å²) in [5, 5.41) is 1.54. The van der Waals surface area contributed by atoms with E-state index >= 15 is 0 Å². The molecular formula is C20H29Cl2N3OS. The number of aromatic nitrogens is 1. The Balaban J connectivity index is 0.00000261. The Labute approximate surface area is 177 Å². The van der Waals surface area contributed by atoms with Crippen LogP contribution in [0.3, 0.4) is 0 Å². The second-order valence-electron chi connectivity index (χ2n) is 7.01. The normalized spacial score (nSPS) is 14.7. The van der Waals surface area contributed by atoms with Crippen LogP contribution in [0, 0.1) is 12.8 Å². The second-order valence-corrected chi connectivity index (χ2v) is 8.43.